The second-order valence-electron chi connectivity index (χ2n) is 8.70. The zero-order valence-electron chi connectivity index (χ0n) is 20.2. The smallest absolute Gasteiger partial charge is 0.226 e. The Morgan fingerprint density at radius 1 is 1.09 bits per heavy atom. The van der Waals surface area contributed by atoms with E-state index < -0.39 is 0 Å². The maximum atomic E-state index is 5.67. The summed E-state index contributed by atoms with van der Waals surface area (Å²) in [4.78, 5) is 11.9. The molecule has 0 atom stereocenters. The minimum atomic E-state index is 0. The van der Waals surface area contributed by atoms with Crippen molar-refractivity contribution in [1.82, 2.24) is 20.5 Å². The highest BCUT2D eigenvalue weighted by Gasteiger charge is 2.20. The third-order valence-corrected chi connectivity index (χ3v) is 6.01. The molecule has 0 bridgehead atoms. The summed E-state index contributed by atoms with van der Waals surface area (Å²) in [6.45, 7) is 8.93. The molecule has 2 heterocycles. The zero-order valence-corrected chi connectivity index (χ0v) is 22.5. The lowest BCUT2D eigenvalue weighted by molar-refractivity contribution is 0.198. The van der Waals surface area contributed by atoms with Gasteiger partial charge in [-0.05, 0) is 44.4 Å². The van der Waals surface area contributed by atoms with Gasteiger partial charge in [-0.15, -0.1) is 24.0 Å². The summed E-state index contributed by atoms with van der Waals surface area (Å²) < 4.78 is 5.67. The van der Waals surface area contributed by atoms with E-state index in [1.807, 2.05) is 12.1 Å². The highest BCUT2D eigenvalue weighted by Crippen LogP contribution is 2.19. The number of nitrogens with one attached hydrogen (secondary N) is 2. The standard InChI is InChI=1S/C27H35N5O.HI/c1-3-28-27(31-24-14-17-32(18-15-24)19-22-7-5-4-6-8-22)29-16-13-25-20-33-26(30-25)23-11-9-21(2)10-12-23;/h4-12,20,24H,3,13-19H2,1-2H3,(H2,28,29,31);1H. The number of nitrogens with zero attached hydrogens (tertiary/aromatic N) is 3. The molecular formula is C27H36IN5O. The molecular weight excluding hydrogens is 537 g/mol. The Bertz CT molecular complexity index is 1010. The number of aliphatic imine (C=N–C) groups is 1. The number of hydrogen-bond donors (Lipinski definition) is 2. The number of rotatable bonds is 8. The van der Waals surface area contributed by atoms with Crippen LogP contribution >= 0.6 is 24.0 Å². The first-order valence-electron chi connectivity index (χ1n) is 12.0. The summed E-state index contributed by atoms with van der Waals surface area (Å²) in [5, 5.41) is 7.02. The molecule has 1 aliphatic rings. The third kappa shape index (κ3) is 7.84. The molecule has 4 rings (SSSR count). The Balaban J connectivity index is 0.00000324. The molecule has 1 aromatic heterocycles. The number of aromatic nitrogens is 1. The van der Waals surface area contributed by atoms with Crippen LogP contribution in [0.2, 0.25) is 0 Å². The van der Waals surface area contributed by atoms with Gasteiger partial charge in [-0.1, -0.05) is 48.0 Å². The summed E-state index contributed by atoms with van der Waals surface area (Å²) >= 11 is 0. The summed E-state index contributed by atoms with van der Waals surface area (Å²) in [5.74, 6) is 1.56. The van der Waals surface area contributed by atoms with Crippen LogP contribution < -0.4 is 10.6 Å². The van der Waals surface area contributed by atoms with Crippen molar-refractivity contribution >= 4 is 29.9 Å². The zero-order chi connectivity index (χ0) is 22.9. The Morgan fingerprint density at radius 3 is 2.53 bits per heavy atom. The predicted molar refractivity (Wildman–Crippen MR) is 150 cm³/mol. The minimum Gasteiger partial charge on any atom is -0.444 e. The lowest BCUT2D eigenvalue weighted by Gasteiger charge is -2.33. The maximum Gasteiger partial charge on any atom is 0.226 e. The summed E-state index contributed by atoms with van der Waals surface area (Å²) in [7, 11) is 0. The fourth-order valence-corrected chi connectivity index (χ4v) is 4.12. The van der Waals surface area contributed by atoms with E-state index in [0.717, 1.165) is 62.7 Å². The average molecular weight is 574 g/mol. The van der Waals surface area contributed by atoms with Crippen molar-refractivity contribution in [2.45, 2.75) is 45.7 Å². The maximum absolute atomic E-state index is 5.67. The van der Waals surface area contributed by atoms with Crippen LogP contribution in [0, 0.1) is 6.92 Å². The Kier molecular flexibility index (Phi) is 10.4. The molecule has 2 N–H and O–H groups in total. The average Bonchev–Trinajstić information content (AvgIpc) is 3.30. The number of oxazole rings is 1. The first-order valence-corrected chi connectivity index (χ1v) is 12.0. The highest BCUT2D eigenvalue weighted by atomic mass is 127. The molecule has 0 aliphatic carbocycles. The number of guanidine groups is 1. The lowest BCUT2D eigenvalue weighted by Crippen LogP contribution is -2.48. The first kappa shape index (κ1) is 26.2. The third-order valence-electron chi connectivity index (χ3n) is 6.01. The highest BCUT2D eigenvalue weighted by molar-refractivity contribution is 14.0. The molecule has 0 saturated carbocycles. The van der Waals surface area contributed by atoms with Gasteiger partial charge in [-0.3, -0.25) is 9.89 Å². The van der Waals surface area contributed by atoms with Gasteiger partial charge in [0.2, 0.25) is 5.89 Å². The first-order chi connectivity index (χ1) is 16.2. The van der Waals surface area contributed by atoms with Crippen LogP contribution in [0.15, 0.2) is 70.3 Å². The molecule has 1 fully saturated rings. The second-order valence-corrected chi connectivity index (χ2v) is 8.70. The normalized spacial score (nSPS) is 15.1. The summed E-state index contributed by atoms with van der Waals surface area (Å²) in [6, 6.07) is 19.4. The number of hydrogen-bond acceptors (Lipinski definition) is 4. The van der Waals surface area contributed by atoms with Crippen molar-refractivity contribution < 1.29 is 4.42 Å². The number of benzene rings is 2. The number of aryl methyl sites for hydroxylation is 1. The van der Waals surface area contributed by atoms with E-state index in [9.17, 15) is 0 Å². The topological polar surface area (TPSA) is 65.7 Å². The largest absolute Gasteiger partial charge is 0.444 e. The second kappa shape index (κ2) is 13.5. The van der Waals surface area contributed by atoms with Crippen LogP contribution in [0.25, 0.3) is 11.5 Å². The van der Waals surface area contributed by atoms with Gasteiger partial charge < -0.3 is 15.1 Å². The van der Waals surface area contributed by atoms with E-state index in [0.29, 0.717) is 18.5 Å². The van der Waals surface area contributed by atoms with Crippen molar-refractivity contribution in [2.24, 2.45) is 4.99 Å². The van der Waals surface area contributed by atoms with E-state index in [2.05, 4.69) is 76.8 Å². The van der Waals surface area contributed by atoms with Crippen LogP contribution in [0.5, 0.6) is 0 Å². The lowest BCUT2D eigenvalue weighted by atomic mass is 10.0. The molecule has 0 unspecified atom stereocenters. The molecule has 0 radical (unpaired) electrons. The van der Waals surface area contributed by atoms with Gasteiger partial charge in [0.1, 0.15) is 6.26 Å². The Hall–Kier alpha value is -2.39. The van der Waals surface area contributed by atoms with E-state index in [1.165, 1.54) is 11.1 Å². The van der Waals surface area contributed by atoms with Crippen molar-refractivity contribution in [2.75, 3.05) is 26.2 Å². The molecule has 182 valence electrons. The molecule has 6 nitrogen and oxygen atoms in total. The molecule has 34 heavy (non-hydrogen) atoms. The van der Waals surface area contributed by atoms with Gasteiger partial charge in [0.25, 0.3) is 0 Å². The van der Waals surface area contributed by atoms with Crippen LogP contribution in [0.3, 0.4) is 0 Å². The van der Waals surface area contributed by atoms with E-state index in [-0.39, 0.29) is 24.0 Å². The summed E-state index contributed by atoms with van der Waals surface area (Å²) in [6.07, 6.45) is 4.75. The van der Waals surface area contributed by atoms with Gasteiger partial charge >= 0.3 is 0 Å². The fraction of sp³-hybridized carbons (Fsp3) is 0.407. The molecule has 2 aromatic carbocycles. The van der Waals surface area contributed by atoms with Crippen molar-refractivity contribution in [3.8, 4) is 11.5 Å². The quantitative estimate of drug-likeness (QED) is 0.225. The summed E-state index contributed by atoms with van der Waals surface area (Å²) in [5.41, 5.74) is 4.55. The molecule has 1 saturated heterocycles. The van der Waals surface area contributed by atoms with Crippen molar-refractivity contribution in [3.05, 3.63) is 77.7 Å². The molecule has 7 heteroatoms. The molecule has 0 amide bonds. The van der Waals surface area contributed by atoms with Crippen LogP contribution in [0.4, 0.5) is 0 Å². The molecule has 3 aromatic rings. The van der Waals surface area contributed by atoms with E-state index in [1.54, 1.807) is 6.26 Å². The molecule has 0 spiro atoms. The van der Waals surface area contributed by atoms with E-state index in [4.69, 9.17) is 9.41 Å². The number of piperidine rings is 1. The van der Waals surface area contributed by atoms with Crippen LogP contribution in [-0.4, -0.2) is 48.1 Å². The van der Waals surface area contributed by atoms with Crippen molar-refractivity contribution in [1.29, 1.82) is 0 Å². The van der Waals surface area contributed by atoms with Gasteiger partial charge in [-0.25, -0.2) is 4.98 Å². The number of likely N-dealkylation sites (tertiary alicyclic amines) is 1. The monoisotopic (exact) mass is 573 g/mol. The molecule has 1 aliphatic heterocycles. The SMILES string of the molecule is CCNC(=NCCc1coc(-c2ccc(C)cc2)n1)NC1CCN(Cc2ccccc2)CC1.I. The Labute approximate surface area is 220 Å². The minimum absolute atomic E-state index is 0. The fourth-order valence-electron chi connectivity index (χ4n) is 4.12. The van der Waals surface area contributed by atoms with E-state index >= 15 is 0 Å². The van der Waals surface area contributed by atoms with Gasteiger partial charge in [0, 0.05) is 50.7 Å². The van der Waals surface area contributed by atoms with Crippen LogP contribution in [0.1, 0.15) is 36.6 Å². The van der Waals surface area contributed by atoms with Gasteiger partial charge in [-0.2, -0.15) is 0 Å². The predicted octanol–water partition coefficient (Wildman–Crippen LogP) is 5.03. The van der Waals surface area contributed by atoms with Crippen molar-refractivity contribution in [3.63, 3.8) is 0 Å². The Morgan fingerprint density at radius 2 is 1.82 bits per heavy atom. The van der Waals surface area contributed by atoms with Gasteiger partial charge in [0.15, 0.2) is 5.96 Å². The van der Waals surface area contributed by atoms with Gasteiger partial charge in [0.05, 0.1) is 5.69 Å². The van der Waals surface area contributed by atoms with Crippen LogP contribution in [-0.2, 0) is 13.0 Å². The number of halogens is 1.